The summed E-state index contributed by atoms with van der Waals surface area (Å²) in [5, 5.41) is 20.8. The summed E-state index contributed by atoms with van der Waals surface area (Å²) in [6.07, 6.45) is 14.5. The van der Waals surface area contributed by atoms with Gasteiger partial charge in [-0.25, -0.2) is 0 Å². The molecule has 0 heterocycles. The molecular weight excluding hydrogens is 332 g/mol. The van der Waals surface area contributed by atoms with E-state index >= 15 is 0 Å². The first-order valence-corrected chi connectivity index (χ1v) is 11.2. The van der Waals surface area contributed by atoms with Gasteiger partial charge in [0.25, 0.3) is 0 Å². The molecule has 146 valence electrons. The topological polar surface area (TPSA) is 40.5 Å². The van der Waals surface area contributed by atoms with Gasteiger partial charge in [0.2, 0.25) is 0 Å². The molecule has 2 N–H and O–H groups in total. The summed E-state index contributed by atoms with van der Waals surface area (Å²) in [4.78, 5) is 0. The molecule has 2 heteroatoms. The molecule has 1 aromatic carbocycles. The summed E-state index contributed by atoms with van der Waals surface area (Å²) in [5.74, 6) is 3.10. The molecule has 0 radical (unpaired) electrons. The van der Waals surface area contributed by atoms with Gasteiger partial charge in [0, 0.05) is 0 Å². The lowest BCUT2D eigenvalue weighted by molar-refractivity contribution is -0.0499. The molecule has 4 aliphatic carbocycles. The standard InChI is InChI=1S/C25H34O2/c1-25-15-18(5-3-2-4-16-6-7-16)24-20-11-9-19(26)14-17(20)8-10-21(24)22(25)12-13-23(25)27/h4,9,11,14,18,21-24,26-27H,2-3,5-8,10,12-13,15H2,1H3/t18-,21?,22?,23-,24?,25-/m0/s1. The third-order valence-electron chi connectivity index (χ3n) is 8.53. The SMILES string of the molecule is C[C@]12C[C@H](CCCC=C3CC3)C3c4ccc(O)cc4CCC3C1CC[C@@H]2O. The number of rotatable bonds is 4. The fourth-order valence-corrected chi connectivity index (χ4v) is 7.09. The van der Waals surface area contributed by atoms with E-state index in [1.54, 1.807) is 5.57 Å². The highest BCUT2D eigenvalue weighted by Crippen LogP contribution is 2.63. The Kier molecular flexibility index (Phi) is 4.39. The molecule has 27 heavy (non-hydrogen) atoms. The van der Waals surface area contributed by atoms with Crippen LogP contribution in [0, 0.1) is 23.2 Å². The number of hydrogen-bond donors (Lipinski definition) is 2. The number of aryl methyl sites for hydroxylation is 1. The number of phenols is 1. The van der Waals surface area contributed by atoms with Crippen LogP contribution in [0.5, 0.6) is 5.75 Å². The van der Waals surface area contributed by atoms with Gasteiger partial charge in [0.15, 0.2) is 0 Å². The van der Waals surface area contributed by atoms with Gasteiger partial charge in [-0.05, 0) is 117 Å². The van der Waals surface area contributed by atoms with E-state index in [4.69, 9.17) is 0 Å². The normalized spacial score (nSPS) is 39.5. The highest BCUT2D eigenvalue weighted by molar-refractivity contribution is 5.40. The number of aliphatic hydroxyl groups is 1. The van der Waals surface area contributed by atoms with Crippen molar-refractivity contribution < 1.29 is 10.2 Å². The molecule has 2 nitrogen and oxygen atoms in total. The molecule has 0 amide bonds. The van der Waals surface area contributed by atoms with Gasteiger partial charge >= 0.3 is 0 Å². The predicted octanol–water partition coefficient (Wildman–Crippen LogP) is 5.73. The summed E-state index contributed by atoms with van der Waals surface area (Å²) in [6, 6.07) is 6.12. The second-order valence-electron chi connectivity index (χ2n) is 10.1. The van der Waals surface area contributed by atoms with Crippen LogP contribution in [0.2, 0.25) is 0 Å². The molecule has 0 spiro atoms. The quantitative estimate of drug-likeness (QED) is 0.528. The maximum absolute atomic E-state index is 10.8. The summed E-state index contributed by atoms with van der Waals surface area (Å²) in [6.45, 7) is 2.39. The number of phenolic OH excluding ortho intramolecular Hbond substituents is 1. The first kappa shape index (κ1) is 17.8. The lowest BCUT2D eigenvalue weighted by Crippen LogP contribution is -2.47. The van der Waals surface area contributed by atoms with Crippen LogP contribution >= 0.6 is 0 Å². The van der Waals surface area contributed by atoms with Crippen molar-refractivity contribution in [2.45, 2.75) is 83.2 Å². The Morgan fingerprint density at radius 3 is 2.81 bits per heavy atom. The van der Waals surface area contributed by atoms with Crippen LogP contribution in [0.25, 0.3) is 0 Å². The number of aliphatic hydroxyl groups excluding tert-OH is 1. The van der Waals surface area contributed by atoms with Gasteiger partial charge in [-0.1, -0.05) is 24.6 Å². The number of benzene rings is 1. The fourth-order valence-electron chi connectivity index (χ4n) is 7.09. The van der Waals surface area contributed by atoms with E-state index in [0.717, 1.165) is 12.8 Å². The second-order valence-corrected chi connectivity index (χ2v) is 10.1. The Morgan fingerprint density at radius 2 is 2.00 bits per heavy atom. The Morgan fingerprint density at radius 1 is 1.15 bits per heavy atom. The van der Waals surface area contributed by atoms with E-state index < -0.39 is 0 Å². The van der Waals surface area contributed by atoms with Gasteiger partial charge in [0.1, 0.15) is 5.75 Å². The van der Waals surface area contributed by atoms with E-state index in [-0.39, 0.29) is 11.5 Å². The number of fused-ring (bicyclic) bond motifs is 5. The Balaban J connectivity index is 1.44. The minimum absolute atomic E-state index is 0.110. The van der Waals surface area contributed by atoms with Gasteiger partial charge in [0.05, 0.1) is 6.10 Å². The molecule has 0 aromatic heterocycles. The van der Waals surface area contributed by atoms with E-state index in [0.29, 0.717) is 29.4 Å². The Bertz CT molecular complexity index is 745. The molecule has 5 rings (SSSR count). The molecule has 0 saturated heterocycles. The summed E-state index contributed by atoms with van der Waals surface area (Å²) in [5.41, 5.74) is 4.67. The number of allylic oxidation sites excluding steroid dienone is 2. The molecule has 3 unspecified atom stereocenters. The van der Waals surface area contributed by atoms with E-state index in [2.05, 4.69) is 19.1 Å². The molecular formula is C25H34O2. The maximum atomic E-state index is 10.8. The Labute approximate surface area is 163 Å². The average Bonchev–Trinajstić information content (AvgIpc) is 3.43. The first-order chi connectivity index (χ1) is 13.1. The molecule has 6 atom stereocenters. The monoisotopic (exact) mass is 366 g/mol. The third-order valence-corrected chi connectivity index (χ3v) is 8.53. The van der Waals surface area contributed by atoms with Gasteiger partial charge in [-0.3, -0.25) is 0 Å². The van der Waals surface area contributed by atoms with Crippen molar-refractivity contribution in [3.05, 3.63) is 41.0 Å². The lowest BCUT2D eigenvalue weighted by atomic mass is 9.51. The number of hydrogen-bond acceptors (Lipinski definition) is 2. The molecule has 4 aliphatic rings. The maximum Gasteiger partial charge on any atom is 0.115 e. The number of unbranched alkanes of at least 4 members (excludes halogenated alkanes) is 1. The minimum atomic E-state index is -0.110. The molecule has 0 bridgehead atoms. The molecule has 1 aromatic rings. The summed E-state index contributed by atoms with van der Waals surface area (Å²) < 4.78 is 0. The fraction of sp³-hybridized carbons (Fsp3) is 0.680. The van der Waals surface area contributed by atoms with Crippen molar-refractivity contribution >= 4 is 0 Å². The van der Waals surface area contributed by atoms with Crippen molar-refractivity contribution in [1.29, 1.82) is 0 Å². The summed E-state index contributed by atoms with van der Waals surface area (Å²) in [7, 11) is 0. The van der Waals surface area contributed by atoms with E-state index in [9.17, 15) is 10.2 Å². The molecule has 3 saturated carbocycles. The van der Waals surface area contributed by atoms with Gasteiger partial charge in [-0.2, -0.15) is 0 Å². The highest BCUT2D eigenvalue weighted by atomic mass is 16.3. The molecule has 3 fully saturated rings. The predicted molar refractivity (Wildman–Crippen MR) is 109 cm³/mol. The number of aromatic hydroxyl groups is 1. The zero-order chi connectivity index (χ0) is 18.6. The third kappa shape index (κ3) is 3.05. The minimum Gasteiger partial charge on any atom is -0.508 e. The second kappa shape index (κ2) is 6.65. The first-order valence-electron chi connectivity index (χ1n) is 11.2. The van der Waals surface area contributed by atoms with Crippen LogP contribution in [0.3, 0.4) is 0 Å². The van der Waals surface area contributed by atoms with Crippen LogP contribution in [0.15, 0.2) is 29.8 Å². The van der Waals surface area contributed by atoms with E-state index in [1.165, 1.54) is 62.5 Å². The van der Waals surface area contributed by atoms with Crippen LogP contribution < -0.4 is 0 Å². The van der Waals surface area contributed by atoms with Crippen LogP contribution in [-0.2, 0) is 6.42 Å². The zero-order valence-corrected chi connectivity index (χ0v) is 16.7. The molecule has 0 aliphatic heterocycles. The van der Waals surface area contributed by atoms with Gasteiger partial charge < -0.3 is 10.2 Å². The zero-order valence-electron chi connectivity index (χ0n) is 16.7. The Hall–Kier alpha value is -1.28. The highest BCUT2D eigenvalue weighted by Gasteiger charge is 2.57. The largest absolute Gasteiger partial charge is 0.508 e. The van der Waals surface area contributed by atoms with Crippen molar-refractivity contribution in [2.24, 2.45) is 23.2 Å². The van der Waals surface area contributed by atoms with E-state index in [1.807, 2.05) is 12.1 Å². The van der Waals surface area contributed by atoms with Gasteiger partial charge in [-0.15, -0.1) is 0 Å². The lowest BCUT2D eigenvalue weighted by Gasteiger charge is -2.54. The summed E-state index contributed by atoms with van der Waals surface area (Å²) >= 11 is 0. The average molecular weight is 367 g/mol. The van der Waals surface area contributed by atoms with Crippen molar-refractivity contribution in [2.75, 3.05) is 0 Å². The van der Waals surface area contributed by atoms with Crippen LogP contribution in [0.4, 0.5) is 0 Å². The van der Waals surface area contributed by atoms with Crippen LogP contribution in [-0.4, -0.2) is 16.3 Å². The van der Waals surface area contributed by atoms with Crippen LogP contribution in [0.1, 0.15) is 81.8 Å². The van der Waals surface area contributed by atoms with Crippen molar-refractivity contribution in [3.8, 4) is 5.75 Å². The van der Waals surface area contributed by atoms with Crippen molar-refractivity contribution in [3.63, 3.8) is 0 Å². The smallest absolute Gasteiger partial charge is 0.115 e. The van der Waals surface area contributed by atoms with Crippen molar-refractivity contribution in [1.82, 2.24) is 0 Å².